The highest BCUT2D eigenvalue weighted by Gasteiger charge is 2.34. The number of aromatic nitrogens is 2. The molecule has 2 fully saturated rings. The molecule has 0 bridgehead atoms. The van der Waals surface area contributed by atoms with Crippen molar-refractivity contribution in [3.8, 4) is 22.3 Å². The van der Waals surface area contributed by atoms with Crippen molar-refractivity contribution in [3.63, 3.8) is 0 Å². The van der Waals surface area contributed by atoms with Gasteiger partial charge in [0.2, 0.25) is 11.8 Å². The lowest BCUT2D eigenvalue weighted by Gasteiger charge is -2.39. The van der Waals surface area contributed by atoms with Gasteiger partial charge in [-0.2, -0.15) is 26.3 Å². The van der Waals surface area contributed by atoms with Gasteiger partial charge in [0.25, 0.3) is 0 Å². The fourth-order valence-corrected chi connectivity index (χ4v) is 12.8. The third kappa shape index (κ3) is 19.5. The predicted octanol–water partition coefficient (Wildman–Crippen LogP) is 17.1. The zero-order valence-corrected chi connectivity index (χ0v) is 57.2. The number of methoxy groups -OCH3 is 2. The van der Waals surface area contributed by atoms with Crippen molar-refractivity contribution in [2.24, 2.45) is 0 Å². The van der Waals surface area contributed by atoms with Crippen LogP contribution in [0.2, 0.25) is 0 Å². The Hall–Kier alpha value is -9.04. The number of carbonyl (C=O) groups excluding carboxylic acids is 2. The van der Waals surface area contributed by atoms with Gasteiger partial charge in [0.15, 0.2) is 34.1 Å². The maximum Gasteiger partial charge on any atom is 0.416 e. The first kappa shape index (κ1) is 48.9. The topological polar surface area (TPSA) is 110 Å². The minimum absolute atomic E-state index is 0.0205. The van der Waals surface area contributed by atoms with Gasteiger partial charge in [0.05, 0.1) is 76.9 Å². The van der Waals surface area contributed by atoms with Crippen molar-refractivity contribution in [2.45, 2.75) is 105 Å². The number of pyridine rings is 2. The van der Waals surface area contributed by atoms with E-state index >= 15 is 9.18 Å². The van der Waals surface area contributed by atoms with E-state index in [4.69, 9.17) is 41.0 Å². The van der Waals surface area contributed by atoms with E-state index in [1.165, 1.54) is 42.3 Å². The number of likely N-dealkylation sites (tertiary alicyclic amines) is 2. The van der Waals surface area contributed by atoms with E-state index < -0.39 is 272 Å². The number of fused-ring (bicyclic) bond motifs is 2. The van der Waals surface area contributed by atoms with Crippen LogP contribution in [0.3, 0.4) is 0 Å². The summed E-state index contributed by atoms with van der Waals surface area (Å²) >= 11 is -0.242. The van der Waals surface area contributed by atoms with Gasteiger partial charge in [0.1, 0.15) is 13.0 Å². The number of para-hydroxylation sites is 1. The summed E-state index contributed by atoms with van der Waals surface area (Å²) < 4.78 is 385. The number of alkyl halides is 6. The molecule has 0 unspecified atom stereocenters. The Balaban J connectivity index is 0.000000262. The number of piperidine rings is 2. The molecule has 2 aromatic heterocycles. The zero-order chi connectivity index (χ0) is 98.3. The molecule has 24 heteroatoms. The number of halogens is 10. The van der Waals surface area contributed by atoms with Crippen molar-refractivity contribution in [1.29, 1.82) is 0 Å². The minimum Gasteiger partial charge on any atom is -0.383 e. The average molecular weight is 1510 g/mol. The molecule has 0 N–H and O–H groups in total. The van der Waals surface area contributed by atoms with E-state index in [2.05, 4.69) is 0 Å². The van der Waals surface area contributed by atoms with Crippen LogP contribution < -0.4 is 10.9 Å². The molecule has 10 aromatic rings. The Morgan fingerprint density at radius 3 is 1.63 bits per heavy atom. The first-order valence-electron chi connectivity index (χ1n) is 45.4. The molecule has 0 saturated carbocycles. The number of hydrogen-bond acceptors (Lipinski definition) is 10. The van der Waals surface area contributed by atoms with E-state index in [0.717, 1.165) is 55.0 Å². The average Bonchev–Trinajstić information content (AvgIpc) is 0.709. The summed E-state index contributed by atoms with van der Waals surface area (Å²) in [5, 5.41) is -2.61. The summed E-state index contributed by atoms with van der Waals surface area (Å²) in [5.74, 6) is -9.90. The SMILES string of the molecule is [2H]C([2H])(CN1CCC(N(Cc2ccc(-c3ccc(C(F)(F)F)cc3)cc2)C(=O)C([2H])([2H])n2c(SC([2H])([2H])c3cccc(F)c3F)cc(=O)c3ccccc32)CC1)OC.[2H]c1c([2H])c(F)c(F)c(C([2H])([2H])Sc2c([2H])c(=O)c3c([2H])c(C)c([2H])c([2H])c3n2C([2H])([2H])C(=O)N(Cc2c([2H])c([2H])c(-c3c([2H])c([2H])c(C(F)(F)F)c([2H])c3[2H])c([2H])c2[2H])C2CCN(CC([2H])([2H])OC)CC2)c1[2H]. The Labute approximate surface area is 648 Å². The van der Waals surface area contributed by atoms with Crippen LogP contribution >= 0.6 is 23.5 Å². The van der Waals surface area contributed by atoms with E-state index in [1.54, 1.807) is 35.2 Å². The van der Waals surface area contributed by atoms with Crippen LogP contribution in [0.15, 0.2) is 207 Å². The molecule has 2 aliphatic rings. The predicted molar refractivity (Wildman–Crippen MR) is 391 cm³/mol. The van der Waals surface area contributed by atoms with Crippen LogP contribution in [0.5, 0.6) is 0 Å². The fraction of sp³-hybridized carbons (Fsp3) is 0.309. The number of rotatable bonds is 24. The normalized spacial score (nSPS) is 18.7. The molecule has 0 spiro atoms. The van der Waals surface area contributed by atoms with Crippen LogP contribution in [0.1, 0.15) is 102 Å². The Morgan fingerprint density at radius 2 is 1.05 bits per heavy atom. The Morgan fingerprint density at radius 1 is 0.524 bits per heavy atom. The smallest absolute Gasteiger partial charge is 0.383 e. The second-order valence-corrected chi connectivity index (χ2v) is 25.2. The van der Waals surface area contributed by atoms with Gasteiger partial charge in [-0.05, 0) is 127 Å². The third-order valence-electron chi connectivity index (χ3n) is 16.7. The van der Waals surface area contributed by atoms with E-state index in [0.29, 0.717) is 47.5 Å². The van der Waals surface area contributed by atoms with Crippen LogP contribution in [-0.4, -0.2) is 119 Å². The van der Waals surface area contributed by atoms with E-state index in [-0.39, 0.29) is 83.4 Å². The quantitative estimate of drug-likeness (QED) is 0.0428. The second kappa shape index (κ2) is 34.9. The van der Waals surface area contributed by atoms with Gasteiger partial charge in [-0.25, -0.2) is 17.6 Å². The van der Waals surface area contributed by atoms with E-state index in [1.807, 2.05) is 4.90 Å². The molecule has 0 aliphatic carbocycles. The van der Waals surface area contributed by atoms with Crippen molar-refractivity contribution in [3.05, 3.63) is 270 Å². The number of thioether (sulfide) groups is 2. The molecule has 0 radical (unpaired) electrons. The lowest BCUT2D eigenvalue weighted by Crippen LogP contribution is -2.48. The van der Waals surface area contributed by atoms with Crippen molar-refractivity contribution < 1.29 is 100.0 Å². The summed E-state index contributed by atoms with van der Waals surface area (Å²) in [5.41, 5.74) is -16.2. The highest BCUT2D eigenvalue weighted by atomic mass is 32.2. The summed E-state index contributed by atoms with van der Waals surface area (Å²) in [6, 6.07) is 0.336. The largest absolute Gasteiger partial charge is 0.416 e. The number of ether oxygens (including phenoxy) is 2. The Bertz CT molecular complexity index is 6240. The number of carbonyl (C=O) groups is 2. The maximum absolute atomic E-state index is 15.6. The second-order valence-electron chi connectivity index (χ2n) is 23.6. The van der Waals surface area contributed by atoms with E-state index in [9.17, 15) is 59.4 Å². The molecular formula is C81H78F10N6O6S2. The molecule has 12 nitrogen and oxygen atoms in total. The highest BCUT2D eigenvalue weighted by molar-refractivity contribution is 7.98. The molecule has 2 amide bonds. The van der Waals surface area contributed by atoms with Crippen LogP contribution in [0, 0.1) is 30.2 Å². The minimum atomic E-state index is -5.41. The molecule has 0 atom stereocenters. The van der Waals surface area contributed by atoms with Crippen molar-refractivity contribution in [1.82, 2.24) is 28.7 Å². The van der Waals surface area contributed by atoms with Gasteiger partial charge in [0, 0.05) is 130 Å². The fourth-order valence-electron chi connectivity index (χ4n) is 11.3. The summed E-state index contributed by atoms with van der Waals surface area (Å²) in [7, 11) is 2.35. The molecule has 2 saturated heterocycles. The van der Waals surface area contributed by atoms with Gasteiger partial charge < -0.3 is 38.2 Å². The van der Waals surface area contributed by atoms with Gasteiger partial charge in [-0.1, -0.05) is 121 Å². The lowest BCUT2D eigenvalue weighted by molar-refractivity contribution is -0.138. The zero-order valence-electron chi connectivity index (χ0n) is 82.6. The molecule has 4 heterocycles. The molecule has 550 valence electrons. The first-order valence-corrected chi connectivity index (χ1v) is 33.6. The molecule has 12 rings (SSSR count). The van der Waals surface area contributed by atoms with Gasteiger partial charge in [-0.3, -0.25) is 19.2 Å². The standard InChI is InChI=1S/C41H40F5N3O3S.C40H38F5N3O3S/c1-27-6-15-36-34(22-27)37(50)23-39(53-26-31-4-3-5-35(42)40(31)43)49(36)25-38(51)48(33-16-18-47(19-17-33)20-21-52-2)24-28-7-9-29(10-8-28)30-11-13-32(14-12-30)41(44,45)46;1-51-22-21-46-19-17-32(18-20-46)47(24-27-9-11-28(12-10-27)29-13-15-31(16-14-29)40(43,44)45)37(50)25-48-35-8-3-2-6-33(35)36(49)23-38(48)52-26-30-5-4-7-34(41)39(30)42/h3-15,22-23,33H,16-21,24-26H2,1-2H3;2-16,23,32H,17-22,24-26H2,1H3/i3D,4D,5D,6D,7D,8D,9D,10D,11D,12D,13D,14D,15D,21D2,22D,23D,25D2,26D2;22D2,25D2,26D2. The van der Waals surface area contributed by atoms with Gasteiger partial charge in [-0.15, -0.1) is 23.5 Å². The number of benzene rings is 8. The summed E-state index contributed by atoms with van der Waals surface area (Å²) in [6.45, 7) is -11.1. The lowest BCUT2D eigenvalue weighted by atomic mass is 10.00. The first-order chi connectivity index (χ1) is 61.1. The summed E-state index contributed by atoms with van der Waals surface area (Å²) in [4.78, 5) is 63.1. The van der Waals surface area contributed by atoms with Crippen LogP contribution in [-0.2, 0) is 68.9 Å². The highest BCUT2D eigenvalue weighted by Crippen LogP contribution is 2.36. The van der Waals surface area contributed by atoms with Crippen LogP contribution in [0.4, 0.5) is 43.9 Å². The van der Waals surface area contributed by atoms with Crippen LogP contribution in [0.25, 0.3) is 44.1 Å². The molecular weight excluding hydrogens is 1410 g/mol. The summed E-state index contributed by atoms with van der Waals surface area (Å²) in [6.07, 6.45) is -9.70. The number of hydrogen-bond donors (Lipinski definition) is 0. The van der Waals surface area contributed by atoms with Crippen molar-refractivity contribution >= 4 is 57.1 Å². The van der Waals surface area contributed by atoms with Crippen molar-refractivity contribution in [2.75, 3.05) is 66.6 Å². The number of amides is 2. The third-order valence-corrected chi connectivity index (χ3v) is 18.3. The monoisotopic (exact) mass is 1510 g/mol. The molecule has 2 aliphatic heterocycles. The number of nitrogens with zero attached hydrogens (tertiary/aromatic N) is 6. The molecule has 105 heavy (non-hydrogen) atoms. The maximum atomic E-state index is 15.6. The van der Waals surface area contributed by atoms with Gasteiger partial charge >= 0.3 is 12.4 Å². The molecule has 8 aromatic carbocycles. The Kier molecular flexibility index (Phi) is 16.3.